The maximum Gasteiger partial charge on any atom is 0.331 e. The first-order valence-electron chi connectivity index (χ1n) is 5.61. The molecule has 0 radical (unpaired) electrons. The summed E-state index contributed by atoms with van der Waals surface area (Å²) in [6.07, 6.45) is 1.62. The minimum Gasteiger partial charge on any atom is -0.479 e. The molecule has 0 saturated heterocycles. The van der Waals surface area contributed by atoms with Crippen LogP contribution >= 0.6 is 0 Å². The van der Waals surface area contributed by atoms with Gasteiger partial charge in [-0.05, 0) is 17.9 Å². The molecule has 1 aromatic rings. The fourth-order valence-corrected chi connectivity index (χ4v) is 1.31. The summed E-state index contributed by atoms with van der Waals surface area (Å²) < 4.78 is 0. The van der Waals surface area contributed by atoms with E-state index >= 15 is 0 Å². The lowest BCUT2D eigenvalue weighted by atomic mass is 9.75. The van der Waals surface area contributed by atoms with Crippen LogP contribution in [0.2, 0.25) is 0 Å². The van der Waals surface area contributed by atoms with Crippen LogP contribution in [0, 0.1) is 5.41 Å². The molecule has 1 unspecified atom stereocenters. The molecule has 1 aromatic carbocycles. The van der Waals surface area contributed by atoms with Gasteiger partial charge in [0.1, 0.15) is 0 Å². The van der Waals surface area contributed by atoms with Crippen molar-refractivity contribution in [2.75, 3.05) is 0 Å². The first kappa shape index (κ1) is 13.4. The van der Waals surface area contributed by atoms with Gasteiger partial charge in [0, 0.05) is 6.21 Å². The van der Waals surface area contributed by atoms with E-state index in [2.05, 4.69) is 4.99 Å². The third-order valence-corrected chi connectivity index (χ3v) is 3.15. The second-order valence-corrected chi connectivity index (χ2v) is 5.30. The predicted octanol–water partition coefficient (Wildman–Crippen LogP) is 2.99. The topological polar surface area (TPSA) is 49.7 Å². The molecule has 3 heteroatoms. The minimum atomic E-state index is -1.12. The molecule has 0 aliphatic rings. The summed E-state index contributed by atoms with van der Waals surface area (Å²) in [6, 6.07) is 9.51. The number of carboxylic acid groups (broad SMARTS) is 1. The van der Waals surface area contributed by atoms with Crippen molar-refractivity contribution in [2.24, 2.45) is 10.4 Å². The normalized spacial score (nSPS) is 15.8. The zero-order valence-electron chi connectivity index (χ0n) is 10.8. The number of nitrogens with zero attached hydrogens (tertiary/aromatic N) is 1. The van der Waals surface area contributed by atoms with Gasteiger partial charge < -0.3 is 5.11 Å². The van der Waals surface area contributed by atoms with Gasteiger partial charge in [-0.2, -0.15) is 0 Å². The van der Waals surface area contributed by atoms with Gasteiger partial charge in [-0.25, -0.2) is 4.79 Å². The van der Waals surface area contributed by atoms with Crippen LogP contribution in [0.4, 0.5) is 0 Å². The van der Waals surface area contributed by atoms with E-state index in [9.17, 15) is 9.90 Å². The molecule has 1 atom stereocenters. The molecule has 0 aromatic heterocycles. The van der Waals surface area contributed by atoms with Crippen molar-refractivity contribution in [3.8, 4) is 0 Å². The summed E-state index contributed by atoms with van der Waals surface area (Å²) >= 11 is 0. The third-order valence-electron chi connectivity index (χ3n) is 3.15. The minimum absolute atomic E-state index is 0.440. The molecule has 1 rings (SSSR count). The van der Waals surface area contributed by atoms with E-state index in [-0.39, 0.29) is 0 Å². The summed E-state index contributed by atoms with van der Waals surface area (Å²) in [5.41, 5.74) is -0.656. The molecule has 17 heavy (non-hydrogen) atoms. The number of hydrogen-bond acceptors (Lipinski definition) is 2. The number of hydrogen-bond donors (Lipinski definition) is 1. The van der Waals surface area contributed by atoms with Crippen LogP contribution in [-0.4, -0.2) is 22.8 Å². The highest BCUT2D eigenvalue weighted by atomic mass is 16.4. The van der Waals surface area contributed by atoms with Crippen LogP contribution < -0.4 is 0 Å². The lowest BCUT2D eigenvalue weighted by molar-refractivity contribution is -0.146. The van der Waals surface area contributed by atoms with Crippen molar-refractivity contribution in [1.29, 1.82) is 0 Å². The molecule has 0 aliphatic carbocycles. The highest BCUT2D eigenvalue weighted by molar-refractivity contribution is 5.86. The van der Waals surface area contributed by atoms with Gasteiger partial charge in [-0.3, -0.25) is 4.99 Å². The third kappa shape index (κ3) is 2.93. The lowest BCUT2D eigenvalue weighted by Gasteiger charge is -2.34. The Morgan fingerprint density at radius 3 is 2.12 bits per heavy atom. The maximum absolute atomic E-state index is 11.4. The Bertz CT molecular complexity index is 418. The second kappa shape index (κ2) is 4.70. The summed E-state index contributed by atoms with van der Waals surface area (Å²) in [5, 5.41) is 9.33. The Labute approximate surface area is 102 Å². The van der Waals surface area contributed by atoms with Gasteiger partial charge >= 0.3 is 5.97 Å². The fraction of sp³-hybridized carbons (Fsp3) is 0.429. The Kier molecular flexibility index (Phi) is 3.71. The molecule has 1 N–H and O–H groups in total. The highest BCUT2D eigenvalue weighted by Crippen LogP contribution is 2.33. The van der Waals surface area contributed by atoms with Gasteiger partial charge in [0.25, 0.3) is 0 Å². The Morgan fingerprint density at radius 1 is 1.18 bits per heavy atom. The number of aliphatic imine (C=N–C) groups is 1. The molecule has 0 fully saturated rings. The molecule has 0 bridgehead atoms. The number of carboxylic acids is 1. The van der Waals surface area contributed by atoms with E-state index in [4.69, 9.17) is 0 Å². The first-order chi connectivity index (χ1) is 7.77. The zero-order chi connectivity index (χ0) is 13.1. The quantitative estimate of drug-likeness (QED) is 0.816. The van der Waals surface area contributed by atoms with Gasteiger partial charge in [0.15, 0.2) is 5.54 Å². The molecule has 3 nitrogen and oxygen atoms in total. The van der Waals surface area contributed by atoms with Gasteiger partial charge in [0.05, 0.1) is 0 Å². The average Bonchev–Trinajstić information content (AvgIpc) is 2.25. The molecule has 92 valence electrons. The van der Waals surface area contributed by atoms with E-state index in [1.165, 1.54) is 0 Å². The van der Waals surface area contributed by atoms with Crippen LogP contribution in [0.3, 0.4) is 0 Å². The SMILES string of the molecule is CC(C)(C)C(C)(/N=C/c1ccccc1)C(=O)O. The van der Waals surface area contributed by atoms with E-state index in [1.54, 1.807) is 13.1 Å². The largest absolute Gasteiger partial charge is 0.479 e. The van der Waals surface area contributed by atoms with Crippen LogP contribution in [0.25, 0.3) is 0 Å². The average molecular weight is 233 g/mol. The molecule has 0 heterocycles. The monoisotopic (exact) mass is 233 g/mol. The molecule has 0 spiro atoms. The van der Waals surface area contributed by atoms with Crippen LogP contribution in [-0.2, 0) is 4.79 Å². The fourth-order valence-electron chi connectivity index (χ4n) is 1.31. The van der Waals surface area contributed by atoms with Gasteiger partial charge in [-0.15, -0.1) is 0 Å². The highest BCUT2D eigenvalue weighted by Gasteiger charge is 2.44. The smallest absolute Gasteiger partial charge is 0.331 e. The predicted molar refractivity (Wildman–Crippen MR) is 69.5 cm³/mol. The summed E-state index contributed by atoms with van der Waals surface area (Å²) in [4.78, 5) is 15.6. The van der Waals surface area contributed by atoms with Gasteiger partial charge in [-0.1, -0.05) is 51.1 Å². The number of carbonyl (C=O) groups is 1. The summed E-state index contributed by atoms with van der Waals surface area (Å²) in [6.45, 7) is 7.28. The van der Waals surface area contributed by atoms with E-state index in [0.29, 0.717) is 0 Å². The standard InChI is InChI=1S/C14H19NO2/c1-13(2,3)14(4,12(16)17)15-10-11-8-6-5-7-9-11/h5-10H,1-4H3,(H,16,17)/b15-10+. The van der Waals surface area contributed by atoms with E-state index in [1.807, 2.05) is 51.1 Å². The number of benzene rings is 1. The summed E-state index contributed by atoms with van der Waals surface area (Å²) in [7, 11) is 0. The van der Waals surface area contributed by atoms with E-state index < -0.39 is 16.9 Å². The molecule has 0 saturated carbocycles. The Balaban J connectivity index is 3.05. The van der Waals surface area contributed by atoms with Gasteiger partial charge in [0.2, 0.25) is 0 Å². The van der Waals surface area contributed by atoms with Crippen LogP contribution in [0.15, 0.2) is 35.3 Å². The molecular formula is C14H19NO2. The second-order valence-electron chi connectivity index (χ2n) is 5.30. The zero-order valence-corrected chi connectivity index (χ0v) is 10.8. The molecular weight excluding hydrogens is 214 g/mol. The lowest BCUT2D eigenvalue weighted by Crippen LogP contribution is -2.45. The van der Waals surface area contributed by atoms with Crippen molar-refractivity contribution in [3.63, 3.8) is 0 Å². The first-order valence-corrected chi connectivity index (χ1v) is 5.61. The van der Waals surface area contributed by atoms with Crippen LogP contribution in [0.5, 0.6) is 0 Å². The Hall–Kier alpha value is -1.64. The van der Waals surface area contributed by atoms with Crippen molar-refractivity contribution >= 4 is 12.2 Å². The van der Waals surface area contributed by atoms with Crippen molar-refractivity contribution in [3.05, 3.63) is 35.9 Å². The van der Waals surface area contributed by atoms with Crippen molar-refractivity contribution in [1.82, 2.24) is 0 Å². The maximum atomic E-state index is 11.4. The summed E-state index contributed by atoms with van der Waals surface area (Å²) in [5.74, 6) is -0.905. The Morgan fingerprint density at radius 2 is 1.71 bits per heavy atom. The number of rotatable bonds is 3. The number of aliphatic carboxylic acids is 1. The molecule has 0 aliphatic heterocycles. The van der Waals surface area contributed by atoms with Crippen molar-refractivity contribution < 1.29 is 9.90 Å². The molecule has 0 amide bonds. The van der Waals surface area contributed by atoms with E-state index in [0.717, 1.165) is 5.56 Å². The van der Waals surface area contributed by atoms with Crippen molar-refractivity contribution in [2.45, 2.75) is 33.2 Å². The van der Waals surface area contributed by atoms with Crippen LogP contribution in [0.1, 0.15) is 33.3 Å².